The first-order valence-electron chi connectivity index (χ1n) is 5.80. The molecule has 0 aromatic carbocycles. The lowest BCUT2D eigenvalue weighted by Gasteiger charge is -2.40. The van der Waals surface area contributed by atoms with Crippen LogP contribution in [0.5, 0.6) is 0 Å². The Morgan fingerprint density at radius 3 is 2.63 bits per heavy atom. The van der Waals surface area contributed by atoms with Crippen LogP contribution in [0.1, 0.15) is 0 Å². The molecule has 7 heteroatoms. The average Bonchev–Trinajstić information content (AvgIpc) is 2.38. The van der Waals surface area contributed by atoms with E-state index in [0.717, 1.165) is 6.08 Å². The van der Waals surface area contributed by atoms with Crippen molar-refractivity contribution in [1.82, 2.24) is 5.32 Å². The highest BCUT2D eigenvalue weighted by molar-refractivity contribution is 6.05. The molecule has 2 heterocycles. The van der Waals surface area contributed by atoms with Crippen molar-refractivity contribution >= 4 is 11.8 Å². The van der Waals surface area contributed by atoms with Gasteiger partial charge in [0, 0.05) is 6.08 Å². The Balaban J connectivity index is 2.23. The lowest BCUT2D eigenvalue weighted by atomic mass is 9.85. The Labute approximate surface area is 109 Å². The lowest BCUT2D eigenvalue weighted by molar-refractivity contribution is -0.166. The Morgan fingerprint density at radius 2 is 2.05 bits per heavy atom. The van der Waals surface area contributed by atoms with Gasteiger partial charge in [-0.1, -0.05) is 12.7 Å². The Bertz CT molecular complexity index is 442. The molecule has 0 spiro atoms. The number of aliphatic hydroxyl groups is 3. The molecule has 7 nitrogen and oxygen atoms in total. The molecule has 104 valence electrons. The smallest absolute Gasteiger partial charge is 0.250 e. The second kappa shape index (κ2) is 5.22. The van der Waals surface area contributed by atoms with Crippen LogP contribution >= 0.6 is 0 Å². The van der Waals surface area contributed by atoms with E-state index in [4.69, 9.17) is 9.84 Å². The van der Waals surface area contributed by atoms with E-state index in [-0.39, 0.29) is 5.57 Å². The predicted molar refractivity (Wildman–Crippen MR) is 62.7 cm³/mol. The van der Waals surface area contributed by atoms with Crippen LogP contribution < -0.4 is 5.32 Å². The van der Waals surface area contributed by atoms with Gasteiger partial charge in [-0.3, -0.25) is 14.9 Å². The van der Waals surface area contributed by atoms with Crippen molar-refractivity contribution in [2.45, 2.75) is 24.4 Å². The molecule has 2 amide bonds. The zero-order valence-corrected chi connectivity index (χ0v) is 10.0. The first kappa shape index (κ1) is 13.9. The van der Waals surface area contributed by atoms with Gasteiger partial charge in [-0.2, -0.15) is 0 Å². The average molecular weight is 269 g/mol. The lowest BCUT2D eigenvalue weighted by Crippen LogP contribution is -2.56. The highest BCUT2D eigenvalue weighted by atomic mass is 16.5. The maximum absolute atomic E-state index is 11.7. The molecular formula is C12H15NO6. The number of amides is 2. The van der Waals surface area contributed by atoms with E-state index in [1.54, 1.807) is 0 Å². The molecule has 4 N–H and O–H groups in total. The normalized spacial score (nSPS) is 39.3. The SMILES string of the molecule is C=C1[C@@H](CO)O[C@H](C2C=CC(=O)NC2=O)[C@@H](O)[C@H]1O. The number of hydrogen-bond acceptors (Lipinski definition) is 6. The molecule has 0 aromatic rings. The van der Waals surface area contributed by atoms with Crippen LogP contribution in [0.2, 0.25) is 0 Å². The first-order valence-corrected chi connectivity index (χ1v) is 5.80. The van der Waals surface area contributed by atoms with E-state index in [9.17, 15) is 19.8 Å². The number of rotatable bonds is 2. The van der Waals surface area contributed by atoms with Crippen LogP contribution in [-0.2, 0) is 14.3 Å². The fourth-order valence-corrected chi connectivity index (χ4v) is 2.19. The van der Waals surface area contributed by atoms with Crippen LogP contribution in [0.25, 0.3) is 0 Å². The van der Waals surface area contributed by atoms with E-state index in [2.05, 4.69) is 11.9 Å². The van der Waals surface area contributed by atoms with Crippen molar-refractivity contribution < 1.29 is 29.6 Å². The monoisotopic (exact) mass is 269 g/mol. The predicted octanol–water partition coefficient (Wildman–Crippen LogP) is -2.15. The second-order valence-corrected chi connectivity index (χ2v) is 4.52. The molecule has 1 unspecified atom stereocenters. The zero-order valence-electron chi connectivity index (χ0n) is 10.0. The largest absolute Gasteiger partial charge is 0.393 e. The van der Waals surface area contributed by atoms with Crippen molar-refractivity contribution in [3.63, 3.8) is 0 Å². The molecule has 2 aliphatic rings. The van der Waals surface area contributed by atoms with Gasteiger partial charge in [-0.05, 0) is 5.57 Å². The van der Waals surface area contributed by atoms with Crippen molar-refractivity contribution in [2.75, 3.05) is 6.61 Å². The van der Waals surface area contributed by atoms with E-state index < -0.39 is 48.8 Å². The molecule has 19 heavy (non-hydrogen) atoms. The maximum atomic E-state index is 11.7. The van der Waals surface area contributed by atoms with E-state index >= 15 is 0 Å². The van der Waals surface area contributed by atoms with Gasteiger partial charge in [0.05, 0.1) is 12.5 Å². The molecule has 2 rings (SSSR count). The van der Waals surface area contributed by atoms with Gasteiger partial charge in [-0.15, -0.1) is 0 Å². The van der Waals surface area contributed by atoms with Crippen LogP contribution in [0.15, 0.2) is 24.3 Å². The summed E-state index contributed by atoms with van der Waals surface area (Å²) in [4.78, 5) is 22.7. The third-order valence-electron chi connectivity index (χ3n) is 3.30. The number of imide groups is 1. The highest BCUT2D eigenvalue weighted by Crippen LogP contribution is 2.29. The molecule has 1 saturated heterocycles. The van der Waals surface area contributed by atoms with Gasteiger partial charge in [0.1, 0.15) is 24.4 Å². The minimum absolute atomic E-state index is 0.155. The van der Waals surface area contributed by atoms with Crippen molar-refractivity contribution in [3.8, 4) is 0 Å². The summed E-state index contributed by atoms with van der Waals surface area (Å²) in [5.41, 5.74) is 0.155. The molecule has 0 aromatic heterocycles. The first-order chi connectivity index (χ1) is 8.95. The van der Waals surface area contributed by atoms with Gasteiger partial charge in [-0.25, -0.2) is 0 Å². The van der Waals surface area contributed by atoms with Gasteiger partial charge in [0.15, 0.2) is 0 Å². The molecule has 0 saturated carbocycles. The molecule has 0 radical (unpaired) electrons. The molecule has 1 fully saturated rings. The fourth-order valence-electron chi connectivity index (χ4n) is 2.19. The Hall–Kier alpha value is -1.54. The number of aliphatic hydroxyl groups excluding tert-OH is 3. The molecule has 5 atom stereocenters. The zero-order chi connectivity index (χ0) is 14.2. The van der Waals surface area contributed by atoms with Gasteiger partial charge in [0.2, 0.25) is 11.8 Å². The standard InChI is InChI=1S/C12H15NO6/c1-5-7(4-14)19-11(10(17)9(5)16)6-2-3-8(15)13-12(6)18/h2-3,6-7,9-11,14,16-17H,1,4H2,(H,13,15,18)/t6?,7-,9+,10+,11-/m1/s1. The number of nitrogens with one attached hydrogen (secondary N) is 1. The summed E-state index contributed by atoms with van der Waals surface area (Å²) in [5.74, 6) is -2.08. The highest BCUT2D eigenvalue weighted by Gasteiger charge is 2.45. The van der Waals surface area contributed by atoms with Crippen molar-refractivity contribution in [2.24, 2.45) is 5.92 Å². The topological polar surface area (TPSA) is 116 Å². The summed E-state index contributed by atoms with van der Waals surface area (Å²) >= 11 is 0. The minimum atomic E-state index is -1.36. The summed E-state index contributed by atoms with van der Waals surface area (Å²) in [6, 6.07) is 0. The van der Waals surface area contributed by atoms with Crippen LogP contribution in [-0.4, -0.2) is 58.2 Å². The van der Waals surface area contributed by atoms with Gasteiger partial charge in [0.25, 0.3) is 0 Å². The number of carbonyl (C=O) groups is 2. The number of ether oxygens (including phenoxy) is 1. The van der Waals surface area contributed by atoms with Gasteiger partial charge < -0.3 is 20.1 Å². The van der Waals surface area contributed by atoms with Crippen LogP contribution in [0.3, 0.4) is 0 Å². The minimum Gasteiger partial charge on any atom is -0.393 e. The van der Waals surface area contributed by atoms with E-state index in [1.807, 2.05) is 0 Å². The summed E-state index contributed by atoms with van der Waals surface area (Å²) in [5, 5.41) is 31.0. The molecular weight excluding hydrogens is 254 g/mol. The van der Waals surface area contributed by atoms with Crippen molar-refractivity contribution in [1.29, 1.82) is 0 Å². The van der Waals surface area contributed by atoms with Crippen LogP contribution in [0, 0.1) is 5.92 Å². The third-order valence-corrected chi connectivity index (χ3v) is 3.30. The second-order valence-electron chi connectivity index (χ2n) is 4.52. The summed E-state index contributed by atoms with van der Waals surface area (Å²) in [6.45, 7) is 3.12. The molecule has 2 aliphatic heterocycles. The fraction of sp³-hybridized carbons (Fsp3) is 0.500. The van der Waals surface area contributed by atoms with E-state index in [1.165, 1.54) is 6.08 Å². The third kappa shape index (κ3) is 2.45. The quantitative estimate of drug-likeness (QED) is 0.335. The molecule has 0 bridgehead atoms. The summed E-state index contributed by atoms with van der Waals surface area (Å²) < 4.78 is 5.39. The number of hydrogen-bond donors (Lipinski definition) is 4. The summed E-state index contributed by atoms with van der Waals surface area (Å²) in [7, 11) is 0. The van der Waals surface area contributed by atoms with Crippen molar-refractivity contribution in [3.05, 3.63) is 24.3 Å². The van der Waals surface area contributed by atoms with Gasteiger partial charge >= 0.3 is 0 Å². The maximum Gasteiger partial charge on any atom is 0.250 e. The Morgan fingerprint density at radius 1 is 1.37 bits per heavy atom. The van der Waals surface area contributed by atoms with Crippen LogP contribution in [0.4, 0.5) is 0 Å². The number of carbonyl (C=O) groups excluding carboxylic acids is 2. The Kier molecular flexibility index (Phi) is 3.81. The molecule has 0 aliphatic carbocycles. The van der Waals surface area contributed by atoms with E-state index in [0.29, 0.717) is 0 Å². The summed E-state index contributed by atoms with van der Waals surface area (Å²) in [6.07, 6.45) is -2.10.